The van der Waals surface area contributed by atoms with Gasteiger partial charge in [0.05, 0.1) is 11.9 Å². The van der Waals surface area contributed by atoms with Crippen molar-refractivity contribution in [3.8, 4) is 5.75 Å². The number of anilines is 3. The molecular formula is C21H22N6O2. The molecule has 4 rings (SSSR count). The Bertz CT molecular complexity index is 913. The minimum Gasteiger partial charge on any atom is -0.484 e. The Kier molecular flexibility index (Phi) is 5.80. The van der Waals surface area contributed by atoms with Crippen LogP contribution in [-0.4, -0.2) is 53.6 Å². The van der Waals surface area contributed by atoms with Crippen molar-refractivity contribution in [2.75, 3.05) is 47.9 Å². The lowest BCUT2D eigenvalue weighted by Gasteiger charge is -2.35. The molecule has 0 aliphatic carbocycles. The van der Waals surface area contributed by atoms with Crippen molar-refractivity contribution in [3.05, 3.63) is 67.1 Å². The monoisotopic (exact) mass is 390 g/mol. The van der Waals surface area contributed by atoms with Crippen LogP contribution in [0.15, 0.2) is 67.1 Å². The van der Waals surface area contributed by atoms with Gasteiger partial charge in [-0.2, -0.15) is 0 Å². The van der Waals surface area contributed by atoms with E-state index in [1.165, 1.54) is 0 Å². The third kappa shape index (κ3) is 4.98. The van der Waals surface area contributed by atoms with Crippen LogP contribution in [0.4, 0.5) is 17.5 Å². The average Bonchev–Trinajstić information content (AvgIpc) is 2.80. The Balaban J connectivity index is 1.26. The summed E-state index contributed by atoms with van der Waals surface area (Å²) in [6.45, 7) is 3.29. The first-order valence-corrected chi connectivity index (χ1v) is 9.48. The van der Waals surface area contributed by atoms with Crippen molar-refractivity contribution in [2.45, 2.75) is 0 Å². The summed E-state index contributed by atoms with van der Waals surface area (Å²) in [6.07, 6.45) is 5.19. The van der Waals surface area contributed by atoms with Crippen molar-refractivity contribution < 1.29 is 9.53 Å². The molecule has 2 aromatic heterocycles. The van der Waals surface area contributed by atoms with Crippen LogP contribution in [0.5, 0.6) is 5.75 Å². The number of amides is 1. The van der Waals surface area contributed by atoms with Gasteiger partial charge in [0.25, 0.3) is 5.91 Å². The summed E-state index contributed by atoms with van der Waals surface area (Å²) in [7, 11) is 0. The molecule has 0 bridgehead atoms. The Morgan fingerprint density at radius 3 is 2.31 bits per heavy atom. The van der Waals surface area contributed by atoms with Crippen molar-refractivity contribution in [1.82, 2.24) is 15.0 Å². The summed E-state index contributed by atoms with van der Waals surface area (Å²) in [6, 6.07) is 14.8. The predicted octanol–water partition coefficient (Wildman–Crippen LogP) is 2.22. The number of ether oxygens (including phenoxy) is 1. The number of carbonyl (C=O) groups is 1. The normalized spacial score (nSPS) is 13.8. The fraction of sp³-hybridized carbons (Fsp3) is 0.238. The van der Waals surface area contributed by atoms with Crippen molar-refractivity contribution in [3.63, 3.8) is 0 Å². The highest BCUT2D eigenvalue weighted by Crippen LogP contribution is 2.18. The Morgan fingerprint density at radius 2 is 1.62 bits per heavy atom. The van der Waals surface area contributed by atoms with E-state index in [0.29, 0.717) is 11.4 Å². The molecular weight excluding hydrogens is 368 g/mol. The van der Waals surface area contributed by atoms with Gasteiger partial charge in [-0.05, 0) is 30.3 Å². The maximum absolute atomic E-state index is 12.1. The number of aromatic nitrogens is 3. The van der Waals surface area contributed by atoms with E-state index in [-0.39, 0.29) is 12.5 Å². The fourth-order valence-electron chi connectivity index (χ4n) is 3.10. The summed E-state index contributed by atoms with van der Waals surface area (Å²) in [5, 5.41) is 2.80. The molecule has 8 heteroatoms. The molecule has 1 amide bonds. The van der Waals surface area contributed by atoms with Gasteiger partial charge in [-0.1, -0.05) is 18.2 Å². The van der Waals surface area contributed by atoms with Gasteiger partial charge in [-0.3, -0.25) is 4.79 Å². The van der Waals surface area contributed by atoms with Gasteiger partial charge in [0, 0.05) is 38.6 Å². The molecule has 29 heavy (non-hydrogen) atoms. The zero-order valence-electron chi connectivity index (χ0n) is 15.9. The maximum Gasteiger partial charge on any atom is 0.262 e. The molecule has 1 aliphatic heterocycles. The van der Waals surface area contributed by atoms with E-state index in [9.17, 15) is 4.79 Å². The number of rotatable bonds is 6. The smallest absolute Gasteiger partial charge is 0.262 e. The van der Waals surface area contributed by atoms with Gasteiger partial charge in [0.2, 0.25) is 5.95 Å². The van der Waals surface area contributed by atoms with Crippen molar-refractivity contribution in [1.29, 1.82) is 0 Å². The third-order valence-electron chi connectivity index (χ3n) is 4.58. The first-order chi connectivity index (χ1) is 14.3. The number of nitrogens with zero attached hydrogens (tertiary/aromatic N) is 5. The molecule has 1 N–H and O–H groups in total. The number of benzene rings is 1. The van der Waals surface area contributed by atoms with Gasteiger partial charge in [0.1, 0.15) is 11.6 Å². The number of hydrogen-bond donors (Lipinski definition) is 1. The van der Waals surface area contributed by atoms with E-state index >= 15 is 0 Å². The third-order valence-corrected chi connectivity index (χ3v) is 4.58. The van der Waals surface area contributed by atoms with Crippen LogP contribution in [0.3, 0.4) is 0 Å². The van der Waals surface area contributed by atoms with Gasteiger partial charge < -0.3 is 19.9 Å². The van der Waals surface area contributed by atoms with Crippen LogP contribution >= 0.6 is 0 Å². The van der Waals surface area contributed by atoms with Crippen LogP contribution in [0.1, 0.15) is 0 Å². The molecule has 3 aromatic rings. The minimum atomic E-state index is -0.222. The van der Waals surface area contributed by atoms with Gasteiger partial charge >= 0.3 is 0 Å². The second kappa shape index (κ2) is 9.01. The summed E-state index contributed by atoms with van der Waals surface area (Å²) in [5.41, 5.74) is 0.645. The number of nitrogens with one attached hydrogen (secondary N) is 1. The van der Waals surface area contributed by atoms with Crippen molar-refractivity contribution in [2.24, 2.45) is 0 Å². The van der Waals surface area contributed by atoms with Crippen LogP contribution in [0.2, 0.25) is 0 Å². The SMILES string of the molecule is O=C(COc1ccccc1)Nc1ccc(N2CCN(c3ncccn3)CC2)nc1. The lowest BCUT2D eigenvalue weighted by Crippen LogP contribution is -2.47. The quantitative estimate of drug-likeness (QED) is 0.691. The van der Waals surface area contributed by atoms with Crippen molar-refractivity contribution >= 4 is 23.4 Å². The van der Waals surface area contributed by atoms with E-state index in [1.54, 1.807) is 18.6 Å². The van der Waals surface area contributed by atoms with E-state index in [1.807, 2.05) is 48.5 Å². The summed E-state index contributed by atoms with van der Waals surface area (Å²) < 4.78 is 5.45. The van der Waals surface area contributed by atoms with Gasteiger partial charge in [-0.25, -0.2) is 15.0 Å². The molecule has 1 fully saturated rings. The molecule has 0 radical (unpaired) electrons. The molecule has 1 aliphatic rings. The topological polar surface area (TPSA) is 83.5 Å². The predicted molar refractivity (Wildman–Crippen MR) is 111 cm³/mol. The average molecular weight is 390 g/mol. The number of hydrogen-bond acceptors (Lipinski definition) is 7. The van der Waals surface area contributed by atoms with Gasteiger partial charge in [-0.15, -0.1) is 0 Å². The molecule has 0 atom stereocenters. The Labute approximate surface area is 169 Å². The molecule has 0 saturated carbocycles. The van der Waals surface area contributed by atoms with E-state index in [0.717, 1.165) is 37.9 Å². The summed E-state index contributed by atoms with van der Waals surface area (Å²) in [4.78, 5) is 29.5. The number of carbonyl (C=O) groups excluding carboxylic acids is 1. The van der Waals surface area contributed by atoms with E-state index in [2.05, 4.69) is 30.1 Å². The molecule has 1 saturated heterocycles. The molecule has 0 unspecified atom stereocenters. The van der Waals surface area contributed by atoms with Crippen LogP contribution in [-0.2, 0) is 4.79 Å². The van der Waals surface area contributed by atoms with Crippen LogP contribution < -0.4 is 19.9 Å². The Morgan fingerprint density at radius 1 is 0.897 bits per heavy atom. The number of pyridine rings is 1. The van der Waals surface area contributed by atoms with Crippen LogP contribution in [0, 0.1) is 0 Å². The summed E-state index contributed by atoms with van der Waals surface area (Å²) >= 11 is 0. The van der Waals surface area contributed by atoms with E-state index < -0.39 is 0 Å². The fourth-order valence-corrected chi connectivity index (χ4v) is 3.10. The largest absolute Gasteiger partial charge is 0.484 e. The standard InChI is InChI=1S/C21H22N6O2/c28-20(16-29-18-5-2-1-3-6-18)25-17-7-8-19(24-15-17)26-11-13-27(14-12-26)21-22-9-4-10-23-21/h1-10,15H,11-14,16H2,(H,25,28). The molecule has 0 spiro atoms. The maximum atomic E-state index is 12.1. The highest BCUT2D eigenvalue weighted by Gasteiger charge is 2.19. The highest BCUT2D eigenvalue weighted by molar-refractivity contribution is 5.91. The lowest BCUT2D eigenvalue weighted by molar-refractivity contribution is -0.118. The molecule has 8 nitrogen and oxygen atoms in total. The second-order valence-corrected chi connectivity index (χ2v) is 6.58. The second-order valence-electron chi connectivity index (χ2n) is 6.58. The lowest BCUT2D eigenvalue weighted by atomic mass is 10.3. The zero-order valence-corrected chi connectivity index (χ0v) is 15.9. The number of para-hydroxylation sites is 1. The molecule has 3 heterocycles. The van der Waals surface area contributed by atoms with Crippen LogP contribution in [0.25, 0.3) is 0 Å². The first kappa shape index (κ1) is 18.7. The summed E-state index contributed by atoms with van der Waals surface area (Å²) in [5.74, 6) is 2.09. The Hall–Kier alpha value is -3.68. The highest BCUT2D eigenvalue weighted by atomic mass is 16.5. The number of piperazine rings is 1. The molecule has 1 aromatic carbocycles. The molecule has 148 valence electrons. The first-order valence-electron chi connectivity index (χ1n) is 9.48. The van der Waals surface area contributed by atoms with Gasteiger partial charge in [0.15, 0.2) is 6.61 Å². The minimum absolute atomic E-state index is 0.0463. The van der Waals surface area contributed by atoms with E-state index in [4.69, 9.17) is 4.74 Å². The zero-order chi connectivity index (χ0) is 19.9.